The summed E-state index contributed by atoms with van der Waals surface area (Å²) in [6.45, 7) is 6.05. The van der Waals surface area contributed by atoms with Gasteiger partial charge in [-0.05, 0) is 38.5 Å². The molecule has 0 aliphatic heterocycles. The Balaban J connectivity index is 1.61. The van der Waals surface area contributed by atoms with Gasteiger partial charge in [-0.2, -0.15) is 5.10 Å². The van der Waals surface area contributed by atoms with Gasteiger partial charge in [0.1, 0.15) is 12.2 Å². The molecule has 0 fully saturated rings. The zero-order valence-corrected chi connectivity index (χ0v) is 18.3. The molecule has 0 saturated heterocycles. The summed E-state index contributed by atoms with van der Waals surface area (Å²) in [5.74, 6) is 0.186. The molecule has 0 aliphatic rings. The first kappa shape index (κ1) is 20.7. The van der Waals surface area contributed by atoms with Gasteiger partial charge in [0.15, 0.2) is 5.76 Å². The summed E-state index contributed by atoms with van der Waals surface area (Å²) in [5.41, 5.74) is 3.62. The van der Waals surface area contributed by atoms with E-state index in [-0.39, 0.29) is 18.0 Å². The van der Waals surface area contributed by atoms with Gasteiger partial charge in [-0.1, -0.05) is 35.0 Å². The van der Waals surface area contributed by atoms with E-state index in [0.29, 0.717) is 29.3 Å². The molecule has 0 bridgehead atoms. The van der Waals surface area contributed by atoms with Crippen LogP contribution in [-0.2, 0) is 17.9 Å². The Labute approximate surface area is 183 Å². The van der Waals surface area contributed by atoms with E-state index in [4.69, 9.17) is 4.52 Å². The summed E-state index contributed by atoms with van der Waals surface area (Å²) in [7, 11) is 0. The molecular formula is C23H22N4O3S. The maximum Gasteiger partial charge on any atom is 0.268 e. The summed E-state index contributed by atoms with van der Waals surface area (Å²) in [4.78, 5) is 27.2. The van der Waals surface area contributed by atoms with Crippen molar-refractivity contribution in [1.82, 2.24) is 20.3 Å². The Bertz CT molecular complexity index is 1280. The van der Waals surface area contributed by atoms with Crippen molar-refractivity contribution in [1.29, 1.82) is 0 Å². The van der Waals surface area contributed by atoms with Crippen molar-refractivity contribution in [2.24, 2.45) is 0 Å². The summed E-state index contributed by atoms with van der Waals surface area (Å²) in [6, 6.07) is 15.1. The second-order valence-corrected chi connectivity index (χ2v) is 8.70. The number of hydrogen-bond acceptors (Lipinski definition) is 6. The van der Waals surface area contributed by atoms with Gasteiger partial charge in [0.05, 0.1) is 16.1 Å². The van der Waals surface area contributed by atoms with Gasteiger partial charge >= 0.3 is 0 Å². The highest BCUT2D eigenvalue weighted by Gasteiger charge is 2.18. The molecule has 0 spiro atoms. The SMILES string of the molecule is Cc1ccc(CNC(=O)Cn2nc(-c3ccc(C)s3)c(-c3cc(C)no3)cc2=O)cc1. The lowest BCUT2D eigenvalue weighted by molar-refractivity contribution is -0.122. The largest absolute Gasteiger partial charge is 0.356 e. The molecule has 8 heteroatoms. The summed E-state index contributed by atoms with van der Waals surface area (Å²) in [6.07, 6.45) is 0. The molecule has 1 amide bonds. The van der Waals surface area contributed by atoms with Crippen LogP contribution in [0.5, 0.6) is 0 Å². The van der Waals surface area contributed by atoms with Crippen LogP contribution in [0, 0.1) is 20.8 Å². The van der Waals surface area contributed by atoms with Crippen LogP contribution in [0.2, 0.25) is 0 Å². The molecule has 3 aromatic heterocycles. The maximum absolute atomic E-state index is 12.7. The molecular weight excluding hydrogens is 412 g/mol. The van der Waals surface area contributed by atoms with Crippen molar-refractivity contribution >= 4 is 17.2 Å². The van der Waals surface area contributed by atoms with Crippen LogP contribution in [-0.4, -0.2) is 20.8 Å². The fourth-order valence-electron chi connectivity index (χ4n) is 3.12. The number of hydrogen-bond donors (Lipinski definition) is 1. The van der Waals surface area contributed by atoms with E-state index in [9.17, 15) is 9.59 Å². The minimum atomic E-state index is -0.383. The van der Waals surface area contributed by atoms with Crippen molar-refractivity contribution in [3.8, 4) is 21.9 Å². The van der Waals surface area contributed by atoms with E-state index >= 15 is 0 Å². The minimum absolute atomic E-state index is 0.169. The van der Waals surface area contributed by atoms with Crippen LogP contribution in [0.1, 0.15) is 21.7 Å². The first-order valence-corrected chi connectivity index (χ1v) is 10.7. The highest BCUT2D eigenvalue weighted by atomic mass is 32.1. The van der Waals surface area contributed by atoms with Crippen molar-refractivity contribution in [3.63, 3.8) is 0 Å². The predicted octanol–water partition coefficient (Wildman–Crippen LogP) is 3.87. The molecule has 0 radical (unpaired) electrons. The van der Waals surface area contributed by atoms with E-state index in [0.717, 1.165) is 20.9 Å². The number of nitrogens with one attached hydrogen (secondary N) is 1. The Morgan fingerprint density at radius 1 is 1.10 bits per heavy atom. The maximum atomic E-state index is 12.7. The van der Waals surface area contributed by atoms with Gasteiger partial charge < -0.3 is 9.84 Å². The molecule has 1 N–H and O–H groups in total. The van der Waals surface area contributed by atoms with Gasteiger partial charge in [0.25, 0.3) is 5.56 Å². The highest BCUT2D eigenvalue weighted by molar-refractivity contribution is 7.15. The van der Waals surface area contributed by atoms with Crippen LogP contribution < -0.4 is 10.9 Å². The third kappa shape index (κ3) is 4.80. The molecule has 7 nitrogen and oxygen atoms in total. The zero-order valence-electron chi connectivity index (χ0n) is 17.5. The number of carbonyl (C=O) groups excluding carboxylic acids is 1. The van der Waals surface area contributed by atoms with Crippen molar-refractivity contribution in [2.75, 3.05) is 0 Å². The Hall–Kier alpha value is -3.52. The predicted molar refractivity (Wildman–Crippen MR) is 120 cm³/mol. The molecule has 4 aromatic rings. The third-order valence-corrected chi connectivity index (χ3v) is 5.78. The van der Waals surface area contributed by atoms with Crippen LogP contribution in [0.3, 0.4) is 0 Å². The third-order valence-electron chi connectivity index (χ3n) is 4.77. The van der Waals surface area contributed by atoms with E-state index in [2.05, 4.69) is 15.6 Å². The first-order valence-electron chi connectivity index (χ1n) is 9.84. The average Bonchev–Trinajstić information content (AvgIpc) is 3.37. The van der Waals surface area contributed by atoms with Crippen LogP contribution in [0.25, 0.3) is 21.9 Å². The van der Waals surface area contributed by atoms with Gasteiger partial charge in [-0.3, -0.25) is 9.59 Å². The quantitative estimate of drug-likeness (QED) is 0.498. The lowest BCUT2D eigenvalue weighted by Gasteiger charge is -2.10. The zero-order chi connectivity index (χ0) is 22.0. The molecule has 4 rings (SSSR count). The number of nitrogens with zero attached hydrogens (tertiary/aromatic N) is 3. The number of amides is 1. The molecule has 31 heavy (non-hydrogen) atoms. The fourth-order valence-corrected chi connectivity index (χ4v) is 3.99. The van der Waals surface area contributed by atoms with Crippen LogP contribution in [0.15, 0.2) is 57.8 Å². The van der Waals surface area contributed by atoms with Gasteiger partial charge in [-0.25, -0.2) is 4.68 Å². The number of rotatable bonds is 6. The summed E-state index contributed by atoms with van der Waals surface area (Å²) in [5, 5.41) is 11.3. The minimum Gasteiger partial charge on any atom is -0.356 e. The van der Waals surface area contributed by atoms with E-state index < -0.39 is 0 Å². The van der Waals surface area contributed by atoms with Crippen molar-refractivity contribution < 1.29 is 9.32 Å². The molecule has 0 atom stereocenters. The Morgan fingerprint density at radius 3 is 2.52 bits per heavy atom. The molecule has 0 saturated carbocycles. The van der Waals surface area contributed by atoms with Crippen LogP contribution in [0.4, 0.5) is 0 Å². The molecule has 3 heterocycles. The number of carbonyl (C=O) groups is 1. The monoisotopic (exact) mass is 434 g/mol. The second-order valence-electron chi connectivity index (χ2n) is 7.41. The lowest BCUT2D eigenvalue weighted by Crippen LogP contribution is -2.33. The second kappa shape index (κ2) is 8.69. The lowest BCUT2D eigenvalue weighted by atomic mass is 10.1. The smallest absolute Gasteiger partial charge is 0.268 e. The van der Waals surface area contributed by atoms with Gasteiger partial charge in [0.2, 0.25) is 5.91 Å². The molecule has 158 valence electrons. The van der Waals surface area contributed by atoms with E-state index in [1.54, 1.807) is 17.4 Å². The van der Waals surface area contributed by atoms with E-state index in [1.165, 1.54) is 10.7 Å². The standard InChI is InChI=1S/C23H22N4O3S/c1-14-4-7-17(8-5-14)12-24-21(28)13-27-22(29)11-18(19-10-15(2)26-30-19)23(25-27)20-9-6-16(3)31-20/h4-11H,12-13H2,1-3H3,(H,24,28). The number of thiophene rings is 1. The number of aromatic nitrogens is 3. The molecule has 1 aromatic carbocycles. The number of aryl methyl sites for hydroxylation is 3. The topological polar surface area (TPSA) is 90.0 Å². The summed E-state index contributed by atoms with van der Waals surface area (Å²) >= 11 is 1.56. The normalized spacial score (nSPS) is 10.9. The van der Waals surface area contributed by atoms with Crippen LogP contribution >= 0.6 is 11.3 Å². The Kier molecular flexibility index (Phi) is 5.81. The van der Waals surface area contributed by atoms with E-state index in [1.807, 2.05) is 57.2 Å². The Morgan fingerprint density at radius 2 is 1.87 bits per heavy atom. The molecule has 0 unspecified atom stereocenters. The van der Waals surface area contributed by atoms with Gasteiger partial charge in [-0.15, -0.1) is 11.3 Å². The summed E-state index contributed by atoms with van der Waals surface area (Å²) < 4.78 is 6.56. The highest BCUT2D eigenvalue weighted by Crippen LogP contribution is 2.33. The average molecular weight is 435 g/mol. The van der Waals surface area contributed by atoms with Crippen molar-refractivity contribution in [3.05, 3.63) is 80.6 Å². The molecule has 0 aliphatic carbocycles. The first-order chi connectivity index (χ1) is 14.9. The number of benzene rings is 1. The van der Waals surface area contributed by atoms with Gasteiger partial charge in [0, 0.05) is 23.6 Å². The van der Waals surface area contributed by atoms with Crippen molar-refractivity contribution in [2.45, 2.75) is 33.9 Å². The fraction of sp³-hybridized carbons (Fsp3) is 0.217.